The van der Waals surface area contributed by atoms with Gasteiger partial charge >= 0.3 is 5.97 Å². The lowest BCUT2D eigenvalue weighted by Gasteiger charge is -2.11. The van der Waals surface area contributed by atoms with Crippen molar-refractivity contribution < 1.29 is 23.8 Å². The van der Waals surface area contributed by atoms with E-state index in [0.29, 0.717) is 39.6 Å². The minimum Gasteiger partial charge on any atom is -0.493 e. The Labute approximate surface area is 206 Å². The van der Waals surface area contributed by atoms with E-state index < -0.39 is 5.97 Å². The van der Waals surface area contributed by atoms with Crippen LogP contribution < -0.4 is 14.8 Å². The molecule has 0 atom stereocenters. The largest absolute Gasteiger partial charge is 0.493 e. The second-order valence-electron chi connectivity index (χ2n) is 6.91. The fourth-order valence-corrected chi connectivity index (χ4v) is 4.89. The summed E-state index contributed by atoms with van der Waals surface area (Å²) in [6.07, 6.45) is 2.49. The zero-order valence-corrected chi connectivity index (χ0v) is 21.0. The number of hydrogen-bond acceptors (Lipinski definition) is 9. The summed E-state index contributed by atoms with van der Waals surface area (Å²) in [5, 5.41) is 12.4. The number of nitrogens with one attached hydrogen (secondary N) is 1. The summed E-state index contributed by atoms with van der Waals surface area (Å²) >= 11 is 2.60. The van der Waals surface area contributed by atoms with E-state index in [2.05, 4.69) is 22.1 Å². The van der Waals surface area contributed by atoms with Crippen molar-refractivity contribution in [3.63, 3.8) is 0 Å². The van der Waals surface area contributed by atoms with Gasteiger partial charge in [0.2, 0.25) is 5.91 Å². The van der Waals surface area contributed by atoms with Crippen LogP contribution in [0.5, 0.6) is 11.5 Å². The Morgan fingerprint density at radius 2 is 1.94 bits per heavy atom. The van der Waals surface area contributed by atoms with Crippen LogP contribution in [0.3, 0.4) is 0 Å². The van der Waals surface area contributed by atoms with E-state index in [4.69, 9.17) is 14.2 Å². The van der Waals surface area contributed by atoms with Gasteiger partial charge in [0.25, 0.3) is 0 Å². The lowest BCUT2D eigenvalue weighted by molar-refractivity contribution is -0.113. The molecular formula is C23H26N4O5S2. The van der Waals surface area contributed by atoms with Crippen LogP contribution in [0.4, 0.5) is 5.00 Å². The van der Waals surface area contributed by atoms with Crippen LogP contribution in [0, 0.1) is 0 Å². The molecule has 3 rings (SSSR count). The van der Waals surface area contributed by atoms with Crippen molar-refractivity contribution in [2.45, 2.75) is 25.0 Å². The molecule has 0 unspecified atom stereocenters. The lowest BCUT2D eigenvalue weighted by Crippen LogP contribution is -2.16. The second kappa shape index (κ2) is 11.7. The summed E-state index contributed by atoms with van der Waals surface area (Å²) in [4.78, 5) is 25.7. The standard InChI is InChI=1S/C23H26N4O5S2/c1-6-10-27-20(14-8-9-17(30-3)18(11-14)31-4)25-26-23(27)33-13-19(28)24-21-16(22(29)32-5)12-15(7-2)34-21/h6,8-9,11-12H,1,7,10,13H2,2-5H3,(H,24,28). The molecule has 2 aromatic heterocycles. The fourth-order valence-electron chi connectivity index (χ4n) is 3.14. The van der Waals surface area contributed by atoms with Gasteiger partial charge in [-0.1, -0.05) is 24.8 Å². The van der Waals surface area contributed by atoms with Gasteiger partial charge in [-0.05, 0) is 30.7 Å². The maximum Gasteiger partial charge on any atom is 0.340 e. The van der Waals surface area contributed by atoms with Crippen LogP contribution in [-0.2, 0) is 22.5 Å². The maximum atomic E-state index is 12.7. The lowest BCUT2D eigenvalue weighted by atomic mass is 10.2. The predicted octanol–water partition coefficient (Wildman–Crippen LogP) is 4.29. The summed E-state index contributed by atoms with van der Waals surface area (Å²) in [6, 6.07) is 7.23. The van der Waals surface area contributed by atoms with E-state index in [0.717, 1.165) is 16.9 Å². The molecular weight excluding hydrogens is 476 g/mol. The number of benzene rings is 1. The van der Waals surface area contributed by atoms with Gasteiger partial charge in [-0.25, -0.2) is 4.79 Å². The van der Waals surface area contributed by atoms with E-state index in [1.54, 1.807) is 32.4 Å². The van der Waals surface area contributed by atoms with Gasteiger partial charge in [-0.2, -0.15) is 0 Å². The molecule has 3 aromatic rings. The van der Waals surface area contributed by atoms with Crippen LogP contribution in [0.15, 0.2) is 42.1 Å². The van der Waals surface area contributed by atoms with Gasteiger partial charge in [0.1, 0.15) is 5.00 Å². The molecule has 11 heteroatoms. The summed E-state index contributed by atoms with van der Waals surface area (Å²) in [5.41, 5.74) is 1.14. The Balaban J connectivity index is 1.78. The molecule has 0 saturated carbocycles. The SMILES string of the molecule is C=CCn1c(SCC(=O)Nc2sc(CC)cc2C(=O)OC)nnc1-c1ccc(OC)c(OC)c1. The molecule has 34 heavy (non-hydrogen) atoms. The smallest absolute Gasteiger partial charge is 0.340 e. The minimum absolute atomic E-state index is 0.0845. The van der Waals surface area contributed by atoms with Crippen molar-refractivity contribution >= 4 is 40.0 Å². The highest BCUT2D eigenvalue weighted by atomic mass is 32.2. The molecule has 0 aliphatic heterocycles. The van der Waals surface area contributed by atoms with E-state index in [1.165, 1.54) is 30.2 Å². The average molecular weight is 503 g/mol. The number of thioether (sulfide) groups is 1. The number of methoxy groups -OCH3 is 3. The van der Waals surface area contributed by atoms with Crippen molar-refractivity contribution in [2.75, 3.05) is 32.4 Å². The molecule has 0 spiro atoms. The molecule has 0 saturated heterocycles. The molecule has 1 amide bonds. The highest BCUT2D eigenvalue weighted by Crippen LogP contribution is 2.33. The molecule has 0 bridgehead atoms. The van der Waals surface area contributed by atoms with E-state index in [1.807, 2.05) is 23.6 Å². The van der Waals surface area contributed by atoms with Crippen molar-refractivity contribution in [2.24, 2.45) is 0 Å². The number of aromatic nitrogens is 3. The van der Waals surface area contributed by atoms with Gasteiger partial charge in [0.05, 0.1) is 32.6 Å². The number of carbonyl (C=O) groups excluding carboxylic acids is 2. The number of amides is 1. The van der Waals surface area contributed by atoms with Gasteiger partial charge in [-0.3, -0.25) is 9.36 Å². The first kappa shape index (κ1) is 25.3. The molecule has 2 heterocycles. The number of nitrogens with zero attached hydrogens (tertiary/aromatic N) is 3. The van der Waals surface area contributed by atoms with Crippen LogP contribution in [0.1, 0.15) is 22.2 Å². The zero-order chi connectivity index (χ0) is 24.7. The Kier molecular flexibility index (Phi) is 8.72. The van der Waals surface area contributed by atoms with E-state index in [9.17, 15) is 9.59 Å². The maximum absolute atomic E-state index is 12.7. The number of carbonyl (C=O) groups is 2. The third-order valence-electron chi connectivity index (χ3n) is 4.79. The topological polar surface area (TPSA) is 105 Å². The molecule has 0 aliphatic rings. The van der Waals surface area contributed by atoms with Crippen LogP contribution in [-0.4, -0.2) is 53.7 Å². The number of thiophene rings is 1. The van der Waals surface area contributed by atoms with Crippen LogP contribution >= 0.6 is 23.1 Å². The predicted molar refractivity (Wildman–Crippen MR) is 133 cm³/mol. The number of esters is 1. The summed E-state index contributed by atoms with van der Waals surface area (Å²) in [5.74, 6) is 1.14. The number of aryl methyl sites for hydroxylation is 1. The highest BCUT2D eigenvalue weighted by molar-refractivity contribution is 7.99. The van der Waals surface area contributed by atoms with E-state index >= 15 is 0 Å². The molecule has 0 radical (unpaired) electrons. The molecule has 9 nitrogen and oxygen atoms in total. The first-order valence-electron chi connectivity index (χ1n) is 10.4. The number of rotatable bonds is 11. The third-order valence-corrected chi connectivity index (χ3v) is 6.95. The third kappa shape index (κ3) is 5.60. The molecule has 0 fully saturated rings. The Bertz CT molecular complexity index is 1190. The average Bonchev–Trinajstić information content (AvgIpc) is 3.45. The first-order chi connectivity index (χ1) is 16.4. The van der Waals surface area contributed by atoms with E-state index in [-0.39, 0.29) is 11.7 Å². The number of allylic oxidation sites excluding steroid dienone is 1. The normalized spacial score (nSPS) is 10.6. The van der Waals surface area contributed by atoms with Gasteiger partial charge in [-0.15, -0.1) is 28.1 Å². The minimum atomic E-state index is -0.482. The Morgan fingerprint density at radius 3 is 2.59 bits per heavy atom. The molecule has 1 aromatic carbocycles. The molecule has 1 N–H and O–H groups in total. The second-order valence-corrected chi connectivity index (χ2v) is 8.99. The van der Waals surface area contributed by atoms with Crippen LogP contribution in [0.25, 0.3) is 11.4 Å². The quantitative estimate of drug-likeness (QED) is 0.235. The fraction of sp³-hybridized carbons (Fsp3) is 0.304. The Morgan fingerprint density at radius 1 is 1.18 bits per heavy atom. The Hall–Kier alpha value is -3.31. The first-order valence-corrected chi connectivity index (χ1v) is 12.2. The van der Waals surface area contributed by atoms with Crippen molar-refractivity contribution in [3.8, 4) is 22.9 Å². The monoisotopic (exact) mass is 502 g/mol. The van der Waals surface area contributed by atoms with Crippen molar-refractivity contribution in [1.82, 2.24) is 14.8 Å². The van der Waals surface area contributed by atoms with Crippen molar-refractivity contribution in [3.05, 3.63) is 47.4 Å². The van der Waals surface area contributed by atoms with Crippen LogP contribution in [0.2, 0.25) is 0 Å². The summed E-state index contributed by atoms with van der Waals surface area (Å²) in [7, 11) is 4.46. The van der Waals surface area contributed by atoms with Crippen molar-refractivity contribution in [1.29, 1.82) is 0 Å². The summed E-state index contributed by atoms with van der Waals surface area (Å²) < 4.78 is 17.4. The summed E-state index contributed by atoms with van der Waals surface area (Å²) in [6.45, 7) is 6.26. The van der Waals surface area contributed by atoms with Gasteiger partial charge in [0.15, 0.2) is 22.5 Å². The highest BCUT2D eigenvalue weighted by Gasteiger charge is 2.20. The molecule has 0 aliphatic carbocycles. The number of anilines is 1. The number of ether oxygens (including phenoxy) is 3. The number of hydrogen-bond donors (Lipinski definition) is 1. The van der Waals surface area contributed by atoms with Gasteiger partial charge < -0.3 is 19.5 Å². The van der Waals surface area contributed by atoms with Gasteiger partial charge in [0, 0.05) is 17.0 Å². The zero-order valence-electron chi connectivity index (χ0n) is 19.4. The molecule has 180 valence electrons.